The van der Waals surface area contributed by atoms with Crippen LogP contribution in [0, 0.1) is 11.3 Å². The topological polar surface area (TPSA) is 86.7 Å². The fourth-order valence-electron chi connectivity index (χ4n) is 3.09. The summed E-state index contributed by atoms with van der Waals surface area (Å²) in [5.41, 5.74) is -0.465. The fraction of sp³-hybridized carbons (Fsp3) is 0.471. The Morgan fingerprint density at radius 3 is 2.33 bits per heavy atom. The number of hydrogen-bond acceptors (Lipinski definition) is 3. The Hall–Kier alpha value is -1.89. The van der Waals surface area contributed by atoms with Crippen molar-refractivity contribution in [1.82, 2.24) is 4.90 Å². The summed E-state index contributed by atoms with van der Waals surface area (Å²) in [5, 5.41) is 12.1. The summed E-state index contributed by atoms with van der Waals surface area (Å²) in [6.45, 7) is 0.865. The highest BCUT2D eigenvalue weighted by atomic mass is 79.9. The Bertz CT molecular complexity index is 679. The standard InChI is InChI=1S/C17H19BrN2O4/c18-12-3-1-2-4-13(12)19-14(21)11-5-9-20(10-6-11)15(22)17(7-8-17)16(23)24/h1-4,11H,5-10H2,(H,19,21)(H,23,24). The predicted octanol–water partition coefficient (Wildman–Crippen LogP) is 2.49. The highest BCUT2D eigenvalue weighted by Crippen LogP contribution is 2.47. The van der Waals surface area contributed by atoms with Crippen molar-refractivity contribution in [3.8, 4) is 0 Å². The minimum atomic E-state index is -1.19. The molecular formula is C17H19BrN2O4. The molecule has 1 saturated carbocycles. The number of nitrogens with one attached hydrogen (secondary N) is 1. The van der Waals surface area contributed by atoms with Gasteiger partial charge < -0.3 is 15.3 Å². The molecule has 1 aromatic carbocycles. The summed E-state index contributed by atoms with van der Waals surface area (Å²) >= 11 is 3.40. The molecule has 1 aliphatic carbocycles. The quantitative estimate of drug-likeness (QED) is 0.767. The number of piperidine rings is 1. The van der Waals surface area contributed by atoms with Crippen molar-refractivity contribution in [1.29, 1.82) is 0 Å². The Labute approximate surface area is 148 Å². The van der Waals surface area contributed by atoms with E-state index in [0.717, 1.165) is 10.2 Å². The number of aliphatic carboxylic acids is 1. The van der Waals surface area contributed by atoms with Gasteiger partial charge in [-0.1, -0.05) is 12.1 Å². The molecule has 0 unspecified atom stereocenters. The summed E-state index contributed by atoms with van der Waals surface area (Å²) in [7, 11) is 0. The maximum absolute atomic E-state index is 12.4. The van der Waals surface area contributed by atoms with Gasteiger partial charge in [-0.15, -0.1) is 0 Å². The highest BCUT2D eigenvalue weighted by Gasteiger charge is 2.58. The number of nitrogens with zero attached hydrogens (tertiary/aromatic N) is 1. The average Bonchev–Trinajstić information content (AvgIpc) is 3.38. The third-order valence-corrected chi connectivity index (χ3v) is 5.54. The number of carboxylic acids is 1. The molecule has 1 saturated heterocycles. The number of carbonyl (C=O) groups is 3. The van der Waals surface area contributed by atoms with E-state index in [-0.39, 0.29) is 17.7 Å². The van der Waals surface area contributed by atoms with Crippen LogP contribution in [0.4, 0.5) is 5.69 Å². The normalized spacial score (nSPS) is 19.6. The number of likely N-dealkylation sites (tertiary alicyclic amines) is 1. The molecule has 2 N–H and O–H groups in total. The molecule has 0 atom stereocenters. The lowest BCUT2D eigenvalue weighted by Gasteiger charge is -2.33. The Morgan fingerprint density at radius 2 is 1.79 bits per heavy atom. The van der Waals surface area contributed by atoms with Crippen molar-refractivity contribution in [2.45, 2.75) is 25.7 Å². The molecule has 2 amide bonds. The van der Waals surface area contributed by atoms with Crippen LogP contribution >= 0.6 is 15.9 Å². The van der Waals surface area contributed by atoms with Gasteiger partial charge in [-0.05, 0) is 53.7 Å². The average molecular weight is 395 g/mol. The highest BCUT2D eigenvalue weighted by molar-refractivity contribution is 9.10. The van der Waals surface area contributed by atoms with Crippen LogP contribution in [0.1, 0.15) is 25.7 Å². The molecule has 0 spiro atoms. The first-order valence-corrected chi connectivity index (χ1v) is 8.81. The van der Waals surface area contributed by atoms with E-state index in [4.69, 9.17) is 0 Å². The predicted molar refractivity (Wildman–Crippen MR) is 91.4 cm³/mol. The van der Waals surface area contributed by atoms with Gasteiger partial charge in [-0.25, -0.2) is 0 Å². The number of carbonyl (C=O) groups excluding carboxylic acids is 2. The van der Waals surface area contributed by atoms with Gasteiger partial charge in [0.25, 0.3) is 0 Å². The molecule has 7 heteroatoms. The molecule has 1 aliphatic heterocycles. The van der Waals surface area contributed by atoms with Crippen molar-refractivity contribution in [2.24, 2.45) is 11.3 Å². The molecule has 0 aromatic heterocycles. The van der Waals surface area contributed by atoms with Gasteiger partial charge >= 0.3 is 5.97 Å². The number of para-hydroxylation sites is 1. The largest absolute Gasteiger partial charge is 0.480 e. The summed E-state index contributed by atoms with van der Waals surface area (Å²) in [6.07, 6.45) is 1.95. The first kappa shape index (κ1) is 17.0. The second-order valence-electron chi connectivity index (χ2n) is 6.42. The number of amides is 2. The van der Waals surface area contributed by atoms with Gasteiger partial charge in [0.2, 0.25) is 11.8 Å². The van der Waals surface area contributed by atoms with Crippen LogP contribution in [0.5, 0.6) is 0 Å². The van der Waals surface area contributed by atoms with Crippen LogP contribution in [-0.4, -0.2) is 40.9 Å². The van der Waals surface area contributed by atoms with Gasteiger partial charge in [0.15, 0.2) is 0 Å². The van der Waals surface area contributed by atoms with Crippen molar-refractivity contribution in [3.63, 3.8) is 0 Å². The van der Waals surface area contributed by atoms with Gasteiger partial charge in [0, 0.05) is 23.5 Å². The second-order valence-corrected chi connectivity index (χ2v) is 7.28. The monoisotopic (exact) mass is 394 g/mol. The lowest BCUT2D eigenvalue weighted by atomic mass is 9.94. The molecule has 1 heterocycles. The Balaban J connectivity index is 1.55. The zero-order valence-corrected chi connectivity index (χ0v) is 14.7. The van der Waals surface area contributed by atoms with E-state index < -0.39 is 11.4 Å². The first-order chi connectivity index (χ1) is 11.4. The fourth-order valence-corrected chi connectivity index (χ4v) is 3.47. The Kier molecular flexibility index (Phi) is 4.62. The van der Waals surface area contributed by atoms with Crippen molar-refractivity contribution >= 4 is 39.4 Å². The maximum atomic E-state index is 12.4. The summed E-state index contributed by atoms with van der Waals surface area (Å²) < 4.78 is 0.822. The van der Waals surface area contributed by atoms with E-state index >= 15 is 0 Å². The minimum Gasteiger partial charge on any atom is -0.480 e. The molecule has 128 valence electrons. The van der Waals surface area contributed by atoms with Gasteiger partial charge in [-0.2, -0.15) is 0 Å². The number of benzene rings is 1. The smallest absolute Gasteiger partial charge is 0.319 e. The number of anilines is 1. The Morgan fingerprint density at radius 1 is 1.17 bits per heavy atom. The summed E-state index contributed by atoms with van der Waals surface area (Å²) in [4.78, 5) is 37.6. The molecule has 2 fully saturated rings. The van der Waals surface area contributed by atoms with Crippen molar-refractivity contribution < 1.29 is 19.5 Å². The van der Waals surface area contributed by atoms with E-state index in [1.165, 1.54) is 0 Å². The van der Waals surface area contributed by atoms with E-state index in [2.05, 4.69) is 21.2 Å². The molecule has 6 nitrogen and oxygen atoms in total. The number of rotatable bonds is 4. The molecular weight excluding hydrogens is 376 g/mol. The lowest BCUT2D eigenvalue weighted by molar-refractivity contribution is -0.154. The van der Waals surface area contributed by atoms with Crippen LogP contribution < -0.4 is 5.32 Å². The third kappa shape index (κ3) is 3.17. The summed E-state index contributed by atoms with van der Waals surface area (Å²) in [5.74, 6) is -1.55. The maximum Gasteiger partial charge on any atom is 0.319 e. The van der Waals surface area contributed by atoms with Crippen LogP contribution in [0.2, 0.25) is 0 Å². The number of carboxylic acid groups (broad SMARTS) is 1. The molecule has 3 rings (SSSR count). The number of halogens is 1. The first-order valence-electron chi connectivity index (χ1n) is 8.02. The van der Waals surface area contributed by atoms with Crippen LogP contribution in [0.25, 0.3) is 0 Å². The minimum absolute atomic E-state index is 0.0617. The second kappa shape index (κ2) is 6.55. The van der Waals surface area contributed by atoms with Gasteiger partial charge in [0.05, 0.1) is 5.69 Å². The molecule has 1 aromatic rings. The zero-order chi connectivity index (χ0) is 17.3. The van der Waals surface area contributed by atoms with Crippen molar-refractivity contribution in [3.05, 3.63) is 28.7 Å². The third-order valence-electron chi connectivity index (χ3n) is 4.85. The number of hydrogen-bond donors (Lipinski definition) is 2. The lowest BCUT2D eigenvalue weighted by Crippen LogP contribution is -2.46. The van der Waals surface area contributed by atoms with Crippen molar-refractivity contribution in [2.75, 3.05) is 18.4 Å². The molecule has 0 bridgehead atoms. The van der Waals surface area contributed by atoms with Gasteiger partial charge in [-0.3, -0.25) is 14.4 Å². The van der Waals surface area contributed by atoms with Gasteiger partial charge in [0.1, 0.15) is 5.41 Å². The SMILES string of the molecule is O=C(Nc1ccccc1Br)C1CCN(C(=O)C2(C(=O)O)CC2)CC1. The molecule has 2 aliphatic rings. The van der Waals surface area contributed by atoms with E-state index in [1.807, 2.05) is 24.3 Å². The zero-order valence-electron chi connectivity index (χ0n) is 13.1. The van der Waals surface area contributed by atoms with E-state index in [0.29, 0.717) is 38.8 Å². The van der Waals surface area contributed by atoms with E-state index in [1.54, 1.807) is 4.90 Å². The molecule has 24 heavy (non-hydrogen) atoms. The van der Waals surface area contributed by atoms with Crippen LogP contribution in [0.3, 0.4) is 0 Å². The summed E-state index contributed by atoms with van der Waals surface area (Å²) in [6, 6.07) is 7.41. The molecule has 0 radical (unpaired) electrons. The van der Waals surface area contributed by atoms with Crippen LogP contribution in [-0.2, 0) is 14.4 Å². The van der Waals surface area contributed by atoms with Crippen LogP contribution in [0.15, 0.2) is 28.7 Å². The van der Waals surface area contributed by atoms with E-state index in [9.17, 15) is 19.5 Å².